The molecule has 2 aromatic rings. The molecule has 0 radical (unpaired) electrons. The first-order chi connectivity index (χ1) is 11.5. The molecule has 1 aromatic heterocycles. The normalized spacial score (nSPS) is 18.9. The number of carbonyl (C=O) groups excluding carboxylic acids is 1. The van der Waals surface area contributed by atoms with Crippen molar-refractivity contribution in [3.8, 4) is 11.5 Å². The van der Waals surface area contributed by atoms with E-state index in [0.717, 1.165) is 30.6 Å². The minimum atomic E-state index is -4.58. The molecule has 3 rings (SSSR count). The number of rotatable bonds is 3. The Bertz CT molecular complexity index is 994. The molecule has 1 aliphatic rings. The van der Waals surface area contributed by atoms with E-state index in [-0.39, 0.29) is 5.75 Å². The maximum atomic E-state index is 14.2. The Hall–Kier alpha value is -2.53. The van der Waals surface area contributed by atoms with Gasteiger partial charge in [0.2, 0.25) is 22.0 Å². The van der Waals surface area contributed by atoms with Gasteiger partial charge in [0, 0.05) is 6.07 Å². The Labute approximate surface area is 138 Å². The van der Waals surface area contributed by atoms with Crippen molar-refractivity contribution in [1.82, 2.24) is 4.98 Å². The number of ketones is 1. The van der Waals surface area contributed by atoms with Gasteiger partial charge in [-0.2, -0.15) is 8.78 Å². The molecule has 0 saturated heterocycles. The van der Waals surface area contributed by atoms with Gasteiger partial charge in [-0.1, -0.05) is 0 Å². The van der Waals surface area contributed by atoms with E-state index in [1.807, 2.05) is 0 Å². The highest BCUT2D eigenvalue weighted by Crippen LogP contribution is 2.50. The molecule has 6 nitrogen and oxygen atoms in total. The number of halogens is 4. The van der Waals surface area contributed by atoms with Crippen LogP contribution in [-0.2, 0) is 15.9 Å². The predicted molar refractivity (Wildman–Crippen MR) is 75.2 cm³/mol. The summed E-state index contributed by atoms with van der Waals surface area (Å²) in [4.78, 5) is 14.3. The van der Waals surface area contributed by atoms with Crippen molar-refractivity contribution in [2.75, 3.05) is 0 Å². The molecule has 1 aromatic carbocycles. The molecule has 0 aliphatic heterocycles. The molecule has 1 heterocycles. The topological polar surface area (TPSA) is 99.3 Å². The van der Waals surface area contributed by atoms with Gasteiger partial charge in [-0.25, -0.2) is 22.3 Å². The maximum absolute atomic E-state index is 14.2. The summed E-state index contributed by atoms with van der Waals surface area (Å²) in [6.45, 7) is 0. The van der Waals surface area contributed by atoms with Crippen molar-refractivity contribution >= 4 is 15.8 Å². The first kappa shape index (κ1) is 17.3. The molecule has 0 fully saturated rings. The Balaban J connectivity index is 2.25. The molecule has 0 spiro atoms. The molecule has 11 heteroatoms. The number of fused-ring (bicyclic) bond motifs is 1. The fourth-order valence-corrected chi connectivity index (χ4v) is 3.20. The van der Waals surface area contributed by atoms with Crippen molar-refractivity contribution in [1.29, 1.82) is 0 Å². The van der Waals surface area contributed by atoms with E-state index in [2.05, 4.69) is 4.98 Å². The maximum Gasteiger partial charge on any atom is 0.315 e. The number of hydrogen-bond donors (Lipinski definition) is 1. The number of Topliss-reactive ketones (excluding diaryl/α,β-unsaturated/α-hetero) is 1. The molecule has 132 valence electrons. The number of sulfonamides is 1. The highest BCUT2D eigenvalue weighted by Gasteiger charge is 2.58. The number of carbonyl (C=O) groups is 1. The molecule has 25 heavy (non-hydrogen) atoms. The molecule has 1 aliphatic carbocycles. The third kappa shape index (κ3) is 2.74. The zero-order valence-electron chi connectivity index (χ0n) is 12.0. The lowest BCUT2D eigenvalue weighted by atomic mass is 10.1. The highest BCUT2D eigenvalue weighted by atomic mass is 32.2. The molecule has 0 saturated carbocycles. The van der Waals surface area contributed by atoms with Crippen molar-refractivity contribution in [3.05, 3.63) is 47.5 Å². The van der Waals surface area contributed by atoms with E-state index in [9.17, 15) is 30.8 Å². The van der Waals surface area contributed by atoms with Crippen LogP contribution in [0.2, 0.25) is 0 Å². The zero-order valence-corrected chi connectivity index (χ0v) is 12.9. The Morgan fingerprint density at radius 2 is 1.92 bits per heavy atom. The lowest BCUT2D eigenvalue weighted by Gasteiger charge is -2.17. The third-order valence-electron chi connectivity index (χ3n) is 3.47. The summed E-state index contributed by atoms with van der Waals surface area (Å²) in [6.07, 6.45) is -1.47. The van der Waals surface area contributed by atoms with Gasteiger partial charge in [-0.15, -0.1) is 0 Å². The highest BCUT2D eigenvalue weighted by molar-refractivity contribution is 7.89. The molecule has 0 amide bonds. The summed E-state index contributed by atoms with van der Waals surface area (Å²) < 4.78 is 83.4. The van der Waals surface area contributed by atoms with Crippen molar-refractivity contribution in [3.63, 3.8) is 0 Å². The summed E-state index contributed by atoms with van der Waals surface area (Å²) in [5.41, 5.74) is -2.34. The smallest absolute Gasteiger partial charge is 0.315 e. The monoisotopic (exact) mass is 376 g/mol. The molecule has 1 unspecified atom stereocenters. The average Bonchev–Trinajstić information content (AvgIpc) is 2.68. The summed E-state index contributed by atoms with van der Waals surface area (Å²) in [6, 6.07) is 2.33. The van der Waals surface area contributed by atoms with Crippen molar-refractivity contribution < 1.29 is 35.5 Å². The summed E-state index contributed by atoms with van der Waals surface area (Å²) in [7, 11) is -4.58. The quantitative estimate of drug-likeness (QED) is 0.829. The van der Waals surface area contributed by atoms with Crippen LogP contribution in [0, 0.1) is 5.82 Å². The van der Waals surface area contributed by atoms with E-state index in [1.165, 1.54) is 0 Å². The largest absolute Gasteiger partial charge is 0.455 e. The van der Waals surface area contributed by atoms with Crippen LogP contribution in [0.4, 0.5) is 17.6 Å². The van der Waals surface area contributed by atoms with Crippen molar-refractivity contribution in [2.45, 2.75) is 17.0 Å². The van der Waals surface area contributed by atoms with E-state index >= 15 is 0 Å². The van der Waals surface area contributed by atoms with E-state index in [0.29, 0.717) is 0 Å². The number of hydrogen-bond acceptors (Lipinski definition) is 5. The lowest BCUT2D eigenvalue weighted by molar-refractivity contribution is -0.0564. The zero-order chi connectivity index (χ0) is 18.6. The second-order valence-corrected chi connectivity index (χ2v) is 6.68. The fraction of sp³-hybridized carbons (Fsp3) is 0.143. The second-order valence-electron chi connectivity index (χ2n) is 5.15. The van der Waals surface area contributed by atoms with Crippen LogP contribution in [0.15, 0.2) is 35.5 Å². The minimum absolute atomic E-state index is 0.309. The van der Waals surface area contributed by atoms with Crippen LogP contribution in [0.25, 0.3) is 0 Å². The first-order valence-electron chi connectivity index (χ1n) is 6.58. The molecular weight excluding hydrogens is 368 g/mol. The van der Waals surface area contributed by atoms with Gasteiger partial charge in [-0.05, 0) is 12.1 Å². The molecule has 2 N–H and O–H groups in total. The lowest BCUT2D eigenvalue weighted by Crippen LogP contribution is -2.25. The second kappa shape index (κ2) is 5.49. The Morgan fingerprint density at radius 1 is 1.24 bits per heavy atom. The Kier molecular flexibility index (Phi) is 3.80. The van der Waals surface area contributed by atoms with Gasteiger partial charge < -0.3 is 4.74 Å². The number of aromatic nitrogens is 1. The van der Waals surface area contributed by atoms with Crippen LogP contribution < -0.4 is 9.88 Å². The van der Waals surface area contributed by atoms with E-state index < -0.39 is 55.5 Å². The van der Waals surface area contributed by atoms with Gasteiger partial charge in [-0.3, -0.25) is 9.78 Å². The predicted octanol–water partition coefficient (Wildman–Crippen LogP) is 2.29. The summed E-state index contributed by atoms with van der Waals surface area (Å²) in [5, 5.41) is 4.90. The molecule has 0 bridgehead atoms. The number of ether oxygens (including phenoxy) is 1. The van der Waals surface area contributed by atoms with Crippen LogP contribution >= 0.6 is 0 Å². The number of pyridine rings is 1. The van der Waals surface area contributed by atoms with Gasteiger partial charge in [0.25, 0.3) is 0 Å². The summed E-state index contributed by atoms with van der Waals surface area (Å²) >= 11 is 0. The van der Waals surface area contributed by atoms with Crippen LogP contribution in [0.3, 0.4) is 0 Å². The van der Waals surface area contributed by atoms with Gasteiger partial charge in [0.1, 0.15) is 17.3 Å². The van der Waals surface area contributed by atoms with Gasteiger partial charge >= 0.3 is 5.92 Å². The number of primary sulfonamides is 1. The SMILES string of the molecule is NS(=O)(=O)c1ccc(Oc2cncc(F)c2)c2c1C(=O)C(F)C2(F)F. The van der Waals surface area contributed by atoms with Crippen molar-refractivity contribution in [2.24, 2.45) is 5.14 Å². The van der Waals surface area contributed by atoms with Crippen LogP contribution in [-0.4, -0.2) is 25.4 Å². The number of nitrogens with zero attached hydrogens (tertiary/aromatic N) is 1. The number of alkyl halides is 3. The summed E-state index contributed by atoms with van der Waals surface area (Å²) in [5.74, 6) is -7.93. The standard InChI is InChI=1S/C14H8F4N2O4S/c15-6-3-7(5-20-4-6)24-8-1-2-9(25(19,22)23)10-11(8)14(17,18)13(16)12(10)21/h1-5,13H,(H2,19,22,23). The van der Waals surface area contributed by atoms with Crippen LogP contribution in [0.1, 0.15) is 15.9 Å². The number of nitrogens with two attached hydrogens (primary N) is 1. The Morgan fingerprint density at radius 3 is 2.52 bits per heavy atom. The average molecular weight is 376 g/mol. The first-order valence-corrected chi connectivity index (χ1v) is 8.13. The fourth-order valence-electron chi connectivity index (χ4n) is 2.46. The van der Waals surface area contributed by atoms with Gasteiger partial charge in [0.15, 0.2) is 0 Å². The minimum Gasteiger partial charge on any atom is -0.455 e. The molecule has 1 atom stereocenters. The van der Waals surface area contributed by atoms with Crippen LogP contribution in [0.5, 0.6) is 11.5 Å². The van der Waals surface area contributed by atoms with Gasteiger partial charge in [0.05, 0.1) is 28.4 Å². The third-order valence-corrected chi connectivity index (χ3v) is 4.42. The number of benzene rings is 1. The molecular formula is C14H8F4N2O4S. The van der Waals surface area contributed by atoms with E-state index in [4.69, 9.17) is 9.88 Å². The van der Waals surface area contributed by atoms with E-state index in [1.54, 1.807) is 0 Å².